The highest BCUT2D eigenvalue weighted by Crippen LogP contribution is 2.31. The second-order valence-corrected chi connectivity index (χ2v) is 8.10. The number of hydrogen-bond acceptors (Lipinski definition) is 5. The van der Waals surface area contributed by atoms with Gasteiger partial charge in [0.1, 0.15) is 11.4 Å². The number of halogens is 2. The van der Waals surface area contributed by atoms with Gasteiger partial charge < -0.3 is 5.32 Å². The van der Waals surface area contributed by atoms with Crippen molar-refractivity contribution in [3.63, 3.8) is 0 Å². The summed E-state index contributed by atoms with van der Waals surface area (Å²) in [7, 11) is 0. The zero-order chi connectivity index (χ0) is 19.6. The van der Waals surface area contributed by atoms with Crippen LogP contribution in [-0.2, 0) is 16.8 Å². The summed E-state index contributed by atoms with van der Waals surface area (Å²) in [5.41, 5.74) is 1.02. The lowest BCUT2D eigenvalue weighted by Crippen LogP contribution is -2.52. The molecule has 29 heavy (non-hydrogen) atoms. The summed E-state index contributed by atoms with van der Waals surface area (Å²) in [4.78, 5) is 18.8. The molecule has 1 fully saturated rings. The molecule has 0 atom stereocenters. The number of aromatic nitrogens is 3. The van der Waals surface area contributed by atoms with Crippen molar-refractivity contribution < 1.29 is 9.18 Å². The molecule has 0 spiro atoms. The Morgan fingerprint density at radius 2 is 2.14 bits per heavy atom. The molecule has 0 radical (unpaired) electrons. The molecule has 3 aromatic rings. The molecule has 4 rings (SSSR count). The second kappa shape index (κ2) is 9.02. The van der Waals surface area contributed by atoms with Crippen LogP contribution in [0.15, 0.2) is 42.7 Å². The molecule has 0 aliphatic carbocycles. The fraction of sp³-hybridized carbons (Fsp3) is 0.350. The number of carbonyl (C=O) groups excluding carboxylic acids is 1. The van der Waals surface area contributed by atoms with E-state index in [0.717, 1.165) is 29.2 Å². The summed E-state index contributed by atoms with van der Waals surface area (Å²) in [5.74, 6) is -0.343. The highest BCUT2D eigenvalue weighted by atomic mass is 35.5. The minimum Gasteiger partial charge on any atom is -0.317 e. The molecule has 0 bridgehead atoms. The van der Waals surface area contributed by atoms with Crippen LogP contribution in [-0.4, -0.2) is 33.8 Å². The van der Waals surface area contributed by atoms with Gasteiger partial charge in [0.05, 0.1) is 5.69 Å². The molecule has 1 amide bonds. The zero-order valence-corrected chi connectivity index (χ0v) is 17.7. The first-order chi connectivity index (χ1) is 13.6. The number of rotatable bonds is 5. The smallest absolute Gasteiger partial charge is 0.254 e. The molecule has 2 N–H and O–H groups in total. The average Bonchev–Trinajstić information content (AvgIpc) is 3.33. The molecular formula is C20H23ClFN5OS. The molecule has 1 aromatic carbocycles. The van der Waals surface area contributed by atoms with Crippen molar-refractivity contribution in [1.82, 2.24) is 20.1 Å². The van der Waals surface area contributed by atoms with Gasteiger partial charge in [0.15, 0.2) is 5.13 Å². The van der Waals surface area contributed by atoms with Gasteiger partial charge in [0, 0.05) is 23.7 Å². The highest BCUT2D eigenvalue weighted by molar-refractivity contribution is 7.15. The number of carbonyl (C=O) groups is 1. The first-order valence-corrected chi connectivity index (χ1v) is 10.1. The first-order valence-electron chi connectivity index (χ1n) is 9.30. The van der Waals surface area contributed by atoms with Gasteiger partial charge >= 0.3 is 0 Å². The van der Waals surface area contributed by atoms with Crippen LogP contribution in [0.25, 0.3) is 0 Å². The van der Waals surface area contributed by atoms with Crippen molar-refractivity contribution in [3.05, 3.63) is 64.7 Å². The summed E-state index contributed by atoms with van der Waals surface area (Å²) in [6.07, 6.45) is 5.46. The maximum Gasteiger partial charge on any atom is 0.254 e. The Kier molecular flexibility index (Phi) is 6.66. The first kappa shape index (κ1) is 21.4. The normalized spacial score (nSPS) is 15.5. The highest BCUT2D eigenvalue weighted by Gasteiger charge is 2.42. The molecule has 9 heteroatoms. The van der Waals surface area contributed by atoms with Gasteiger partial charge in [-0.05, 0) is 56.6 Å². The van der Waals surface area contributed by atoms with Crippen LogP contribution in [0, 0.1) is 12.7 Å². The van der Waals surface area contributed by atoms with Gasteiger partial charge in [-0.3, -0.25) is 14.8 Å². The van der Waals surface area contributed by atoms with Crippen LogP contribution >= 0.6 is 23.7 Å². The SMILES string of the molecule is Cc1nc(NC(=O)C2(n3cccn3)CCNCC2)sc1Cc1cccc(F)c1.Cl. The second-order valence-electron chi connectivity index (χ2n) is 7.02. The van der Waals surface area contributed by atoms with E-state index in [4.69, 9.17) is 0 Å². The zero-order valence-electron chi connectivity index (χ0n) is 16.0. The third-order valence-corrected chi connectivity index (χ3v) is 6.24. The number of benzene rings is 1. The number of anilines is 1. The lowest BCUT2D eigenvalue weighted by atomic mass is 9.87. The van der Waals surface area contributed by atoms with Gasteiger partial charge in [-0.1, -0.05) is 12.1 Å². The minimum atomic E-state index is -0.711. The number of hydrogen-bond donors (Lipinski definition) is 2. The van der Waals surface area contributed by atoms with Crippen LogP contribution in [0.1, 0.15) is 29.0 Å². The Morgan fingerprint density at radius 1 is 1.34 bits per heavy atom. The van der Waals surface area contributed by atoms with Gasteiger partial charge in [-0.15, -0.1) is 23.7 Å². The van der Waals surface area contributed by atoms with E-state index in [2.05, 4.69) is 20.7 Å². The predicted octanol–water partition coefficient (Wildman–Crippen LogP) is 3.52. The monoisotopic (exact) mass is 435 g/mol. The van der Waals surface area contributed by atoms with Gasteiger partial charge in [0.2, 0.25) is 0 Å². The molecule has 6 nitrogen and oxygen atoms in total. The Bertz CT molecular complexity index is 969. The molecule has 0 unspecified atom stereocenters. The Hall–Kier alpha value is -2.29. The summed E-state index contributed by atoms with van der Waals surface area (Å²) < 4.78 is 15.2. The van der Waals surface area contributed by atoms with Crippen molar-refractivity contribution in [2.75, 3.05) is 18.4 Å². The number of aryl methyl sites for hydroxylation is 1. The van der Waals surface area contributed by atoms with Gasteiger partial charge in [0.25, 0.3) is 5.91 Å². The number of thiazole rings is 1. The van der Waals surface area contributed by atoms with Crippen molar-refractivity contribution in [2.24, 2.45) is 0 Å². The fourth-order valence-electron chi connectivity index (χ4n) is 3.61. The van der Waals surface area contributed by atoms with Crippen molar-refractivity contribution in [1.29, 1.82) is 0 Å². The van der Waals surface area contributed by atoms with E-state index in [1.165, 1.54) is 23.5 Å². The molecule has 154 valence electrons. The van der Waals surface area contributed by atoms with E-state index in [-0.39, 0.29) is 24.1 Å². The number of amides is 1. The molecule has 2 aromatic heterocycles. The van der Waals surface area contributed by atoms with Crippen LogP contribution in [0.2, 0.25) is 0 Å². The number of nitrogens with one attached hydrogen (secondary N) is 2. The Labute approximate surface area is 179 Å². The quantitative estimate of drug-likeness (QED) is 0.643. The molecule has 1 aliphatic rings. The summed E-state index contributed by atoms with van der Waals surface area (Å²) >= 11 is 1.44. The lowest BCUT2D eigenvalue weighted by molar-refractivity contribution is -0.126. The number of nitrogens with zero attached hydrogens (tertiary/aromatic N) is 3. The van der Waals surface area contributed by atoms with Gasteiger partial charge in [-0.2, -0.15) is 5.10 Å². The standard InChI is InChI=1S/C20H22FN5OS.ClH/c1-14-17(13-15-4-2-5-16(21)12-15)28-19(24-14)25-18(27)20(6-9-22-10-7-20)26-11-3-8-23-26;/h2-5,8,11-12,22H,6-7,9-10,13H2,1H3,(H,24,25,27);1H. The summed E-state index contributed by atoms with van der Waals surface area (Å²) in [6, 6.07) is 8.39. The lowest BCUT2D eigenvalue weighted by Gasteiger charge is -2.36. The minimum absolute atomic E-state index is 0. The maximum absolute atomic E-state index is 13.4. The summed E-state index contributed by atoms with van der Waals surface area (Å²) in [6.45, 7) is 3.43. The van der Waals surface area contributed by atoms with E-state index in [0.29, 0.717) is 24.4 Å². The number of piperidine rings is 1. The third-order valence-electron chi connectivity index (χ3n) is 5.16. The van der Waals surface area contributed by atoms with Gasteiger partial charge in [-0.25, -0.2) is 9.37 Å². The Morgan fingerprint density at radius 3 is 2.83 bits per heavy atom. The van der Waals surface area contributed by atoms with E-state index < -0.39 is 5.54 Å². The molecule has 1 aliphatic heterocycles. The van der Waals surface area contributed by atoms with Crippen molar-refractivity contribution in [3.8, 4) is 0 Å². The van der Waals surface area contributed by atoms with Crippen LogP contribution in [0.3, 0.4) is 0 Å². The van der Waals surface area contributed by atoms with Crippen LogP contribution in [0.4, 0.5) is 9.52 Å². The molecule has 0 saturated carbocycles. The van der Waals surface area contributed by atoms with Crippen molar-refractivity contribution >= 4 is 34.8 Å². The van der Waals surface area contributed by atoms with Crippen molar-refractivity contribution in [2.45, 2.75) is 31.7 Å². The summed E-state index contributed by atoms with van der Waals surface area (Å²) in [5, 5.41) is 11.2. The topological polar surface area (TPSA) is 71.8 Å². The van der Waals surface area contributed by atoms with E-state index in [1.807, 2.05) is 25.3 Å². The van der Waals surface area contributed by atoms with E-state index in [9.17, 15) is 9.18 Å². The molecule has 3 heterocycles. The van der Waals surface area contributed by atoms with Crippen LogP contribution in [0.5, 0.6) is 0 Å². The molecular weight excluding hydrogens is 413 g/mol. The average molecular weight is 436 g/mol. The van der Waals surface area contributed by atoms with Crippen LogP contribution < -0.4 is 10.6 Å². The molecule has 1 saturated heterocycles. The van der Waals surface area contributed by atoms with E-state index in [1.54, 1.807) is 16.9 Å². The third kappa shape index (κ3) is 4.49. The Balaban J connectivity index is 0.00000240. The largest absolute Gasteiger partial charge is 0.317 e. The fourth-order valence-corrected chi connectivity index (χ4v) is 4.61. The van der Waals surface area contributed by atoms with E-state index >= 15 is 0 Å². The maximum atomic E-state index is 13.4. The predicted molar refractivity (Wildman–Crippen MR) is 114 cm³/mol.